The Kier molecular flexibility index (Phi) is 7.30. The minimum absolute atomic E-state index is 0.0302. The van der Waals surface area contributed by atoms with Crippen LogP contribution in [0, 0.1) is 0 Å². The first-order chi connectivity index (χ1) is 16.1. The van der Waals surface area contributed by atoms with E-state index in [1.165, 1.54) is 6.42 Å². The summed E-state index contributed by atoms with van der Waals surface area (Å²) in [4.78, 5) is 43.6. The van der Waals surface area contributed by atoms with E-state index in [0.29, 0.717) is 25.6 Å². The highest BCUT2D eigenvalue weighted by atomic mass is 31.0. The summed E-state index contributed by atoms with van der Waals surface area (Å²) in [6.07, 6.45) is 5.73. The number of hydrogen-bond donors (Lipinski definition) is 0. The molecular formula is C25H32N3O4P. The number of rotatable bonds is 5. The summed E-state index contributed by atoms with van der Waals surface area (Å²) in [6.45, 7) is 6.20. The van der Waals surface area contributed by atoms with E-state index in [9.17, 15) is 14.4 Å². The van der Waals surface area contributed by atoms with Gasteiger partial charge in [0.05, 0.1) is 21.6 Å². The SMILES string of the molecule is CC.O=C(CCc1ccccc1)c1cn2c(c(OP)c1=O)C(=O)N1C[C@@H]3CCCCN3[C@@H]1C2. The van der Waals surface area contributed by atoms with Gasteiger partial charge in [-0.1, -0.05) is 50.6 Å². The monoisotopic (exact) mass is 469 g/mol. The van der Waals surface area contributed by atoms with E-state index in [1.54, 1.807) is 10.8 Å². The van der Waals surface area contributed by atoms with E-state index < -0.39 is 5.43 Å². The third-order valence-electron chi connectivity index (χ3n) is 6.79. The molecule has 7 nitrogen and oxygen atoms in total. The van der Waals surface area contributed by atoms with E-state index in [4.69, 9.17) is 4.52 Å². The minimum Gasteiger partial charge on any atom is -0.474 e. The van der Waals surface area contributed by atoms with Crippen molar-refractivity contribution in [1.29, 1.82) is 0 Å². The number of fused-ring (bicyclic) bond motifs is 4. The number of carbonyl (C=O) groups is 2. The zero-order valence-electron chi connectivity index (χ0n) is 19.3. The fraction of sp³-hybridized carbons (Fsp3) is 0.480. The molecule has 1 unspecified atom stereocenters. The molecule has 3 atom stereocenters. The van der Waals surface area contributed by atoms with Crippen LogP contribution in [0.3, 0.4) is 0 Å². The zero-order valence-corrected chi connectivity index (χ0v) is 20.5. The number of carbonyl (C=O) groups excluding carboxylic acids is 2. The van der Waals surface area contributed by atoms with Gasteiger partial charge in [0.15, 0.2) is 17.2 Å². The lowest BCUT2D eigenvalue weighted by atomic mass is 10.0. The molecule has 176 valence electrons. The van der Waals surface area contributed by atoms with Gasteiger partial charge in [-0.2, -0.15) is 0 Å². The molecule has 1 aromatic carbocycles. The summed E-state index contributed by atoms with van der Waals surface area (Å²) in [7, 11) is 2.06. The number of pyridine rings is 1. The molecule has 3 aliphatic rings. The molecule has 8 heteroatoms. The fourth-order valence-corrected chi connectivity index (χ4v) is 5.44. The van der Waals surface area contributed by atoms with Crippen molar-refractivity contribution in [3.8, 4) is 5.75 Å². The molecule has 0 radical (unpaired) electrons. The number of Topliss-reactive ketones (excluding diaryl/α,β-unsaturated/α-hetero) is 1. The van der Waals surface area contributed by atoms with Gasteiger partial charge in [0, 0.05) is 31.7 Å². The average Bonchev–Trinajstić information content (AvgIpc) is 3.23. The molecule has 2 saturated heterocycles. The predicted octanol–water partition coefficient (Wildman–Crippen LogP) is 3.51. The normalized spacial score (nSPS) is 21.4. The van der Waals surface area contributed by atoms with Crippen LogP contribution in [-0.4, -0.2) is 51.4 Å². The molecular weight excluding hydrogens is 437 g/mol. The molecule has 1 amide bonds. The van der Waals surface area contributed by atoms with E-state index in [1.807, 2.05) is 49.1 Å². The molecule has 0 N–H and O–H groups in total. The lowest BCUT2D eigenvalue weighted by Gasteiger charge is -2.38. The number of ketones is 1. The van der Waals surface area contributed by atoms with Gasteiger partial charge < -0.3 is 14.0 Å². The number of aromatic nitrogens is 1. The van der Waals surface area contributed by atoms with Crippen molar-refractivity contribution >= 4 is 21.2 Å². The Morgan fingerprint density at radius 1 is 1.12 bits per heavy atom. The van der Waals surface area contributed by atoms with Gasteiger partial charge in [0.1, 0.15) is 6.17 Å². The van der Waals surface area contributed by atoms with E-state index in [-0.39, 0.29) is 41.3 Å². The van der Waals surface area contributed by atoms with Crippen molar-refractivity contribution in [3.63, 3.8) is 0 Å². The Morgan fingerprint density at radius 2 is 1.88 bits per heavy atom. The second kappa shape index (κ2) is 10.2. The Morgan fingerprint density at radius 3 is 2.61 bits per heavy atom. The fourth-order valence-electron chi connectivity index (χ4n) is 5.22. The van der Waals surface area contributed by atoms with Crippen LogP contribution in [0.4, 0.5) is 0 Å². The highest BCUT2D eigenvalue weighted by molar-refractivity contribution is 7.10. The number of aryl methyl sites for hydroxylation is 1. The largest absolute Gasteiger partial charge is 0.474 e. The summed E-state index contributed by atoms with van der Waals surface area (Å²) >= 11 is 0. The maximum Gasteiger partial charge on any atom is 0.275 e. The van der Waals surface area contributed by atoms with Crippen LogP contribution in [0.5, 0.6) is 5.75 Å². The van der Waals surface area contributed by atoms with Gasteiger partial charge >= 0.3 is 0 Å². The molecule has 0 saturated carbocycles. The first-order valence-electron chi connectivity index (χ1n) is 11.9. The number of benzene rings is 1. The number of amides is 1. The van der Waals surface area contributed by atoms with Crippen LogP contribution in [0.2, 0.25) is 0 Å². The predicted molar refractivity (Wildman–Crippen MR) is 131 cm³/mol. The summed E-state index contributed by atoms with van der Waals surface area (Å²) in [5.41, 5.74) is 0.870. The Bertz CT molecular complexity index is 1090. The smallest absolute Gasteiger partial charge is 0.275 e. The maximum atomic E-state index is 13.3. The van der Waals surface area contributed by atoms with Gasteiger partial charge in [-0.05, 0) is 24.8 Å². The summed E-state index contributed by atoms with van der Waals surface area (Å²) < 4.78 is 7.07. The number of hydrogen-bond acceptors (Lipinski definition) is 5. The zero-order chi connectivity index (χ0) is 23.5. The Balaban J connectivity index is 0.00000126. The number of nitrogens with zero attached hydrogens (tertiary/aromatic N) is 3. The minimum atomic E-state index is -0.511. The molecule has 0 spiro atoms. The van der Waals surface area contributed by atoms with Crippen LogP contribution in [0.25, 0.3) is 0 Å². The topological polar surface area (TPSA) is 71.8 Å². The Hall–Kier alpha value is -2.50. The van der Waals surface area contributed by atoms with Crippen molar-refractivity contribution in [2.75, 3.05) is 13.1 Å². The second-order valence-electron chi connectivity index (χ2n) is 8.55. The van der Waals surface area contributed by atoms with Crippen LogP contribution < -0.4 is 9.95 Å². The molecule has 0 aliphatic carbocycles. The molecule has 0 bridgehead atoms. The van der Waals surface area contributed by atoms with Gasteiger partial charge in [-0.3, -0.25) is 19.3 Å². The molecule has 2 fully saturated rings. The first-order valence-corrected chi connectivity index (χ1v) is 12.3. The molecule has 4 heterocycles. The highest BCUT2D eigenvalue weighted by Gasteiger charge is 2.47. The molecule has 2 aromatic rings. The van der Waals surface area contributed by atoms with Crippen LogP contribution in [-0.2, 0) is 13.0 Å². The summed E-state index contributed by atoms with van der Waals surface area (Å²) in [6, 6.07) is 10.1. The third-order valence-corrected chi connectivity index (χ3v) is 7.02. The van der Waals surface area contributed by atoms with Crippen LogP contribution in [0.15, 0.2) is 41.3 Å². The Labute approximate surface area is 197 Å². The second-order valence-corrected chi connectivity index (χ2v) is 8.79. The highest BCUT2D eigenvalue weighted by Crippen LogP contribution is 2.35. The van der Waals surface area contributed by atoms with Crippen molar-refractivity contribution in [2.24, 2.45) is 0 Å². The lowest BCUT2D eigenvalue weighted by Crippen LogP contribution is -2.51. The number of piperidine rings is 1. The van der Waals surface area contributed by atoms with Crippen molar-refractivity contribution in [1.82, 2.24) is 14.4 Å². The van der Waals surface area contributed by atoms with Crippen molar-refractivity contribution in [2.45, 2.75) is 64.7 Å². The van der Waals surface area contributed by atoms with E-state index in [2.05, 4.69) is 14.4 Å². The molecule has 1 aromatic heterocycles. The maximum absolute atomic E-state index is 13.3. The lowest BCUT2D eigenvalue weighted by molar-refractivity contribution is 0.0454. The van der Waals surface area contributed by atoms with Crippen LogP contribution >= 0.6 is 9.47 Å². The summed E-state index contributed by atoms with van der Waals surface area (Å²) in [5.74, 6) is -0.475. The standard InChI is InChI=1S/C23H26N3O4P.C2H6/c27-18(10-9-15-6-2-1-3-7-15)17-13-24-14-19-25-11-5-4-8-16(25)12-26(19)23(29)20(24)22(30-31)21(17)28;1-2/h1-3,6-7,13,16,19H,4-5,8-12,14,31H2;1-2H3/t16-,19-;/m0./s1. The van der Waals surface area contributed by atoms with Gasteiger partial charge in [0.2, 0.25) is 5.43 Å². The third kappa shape index (κ3) is 4.36. The average molecular weight is 470 g/mol. The van der Waals surface area contributed by atoms with Gasteiger partial charge in [0.25, 0.3) is 5.91 Å². The first kappa shape index (κ1) is 23.7. The summed E-state index contributed by atoms with van der Waals surface area (Å²) in [5, 5.41) is 0. The van der Waals surface area contributed by atoms with E-state index >= 15 is 0 Å². The van der Waals surface area contributed by atoms with Crippen molar-refractivity contribution < 1.29 is 14.1 Å². The quantitative estimate of drug-likeness (QED) is 0.495. The van der Waals surface area contributed by atoms with Crippen molar-refractivity contribution in [3.05, 3.63) is 63.6 Å². The van der Waals surface area contributed by atoms with Gasteiger partial charge in [-0.15, -0.1) is 0 Å². The van der Waals surface area contributed by atoms with Gasteiger partial charge in [-0.25, -0.2) is 0 Å². The van der Waals surface area contributed by atoms with Crippen LogP contribution in [0.1, 0.15) is 65.9 Å². The van der Waals surface area contributed by atoms with E-state index in [0.717, 1.165) is 24.9 Å². The molecule has 3 aliphatic heterocycles. The molecule has 33 heavy (non-hydrogen) atoms. The molecule has 5 rings (SSSR count).